The second-order valence-corrected chi connectivity index (χ2v) is 6.08. The van der Waals surface area contributed by atoms with Gasteiger partial charge in [-0.3, -0.25) is 14.6 Å². The summed E-state index contributed by atoms with van der Waals surface area (Å²) in [5, 5.41) is 0. The van der Waals surface area contributed by atoms with E-state index in [0.29, 0.717) is 30.2 Å². The number of rotatable bonds is 5. The van der Waals surface area contributed by atoms with E-state index in [-0.39, 0.29) is 23.5 Å². The summed E-state index contributed by atoms with van der Waals surface area (Å²) in [5.74, 6) is 0.117. The Kier molecular flexibility index (Phi) is 5.46. The predicted octanol–water partition coefficient (Wildman–Crippen LogP) is 2.23. The number of ether oxygens (including phenoxy) is 2. The van der Waals surface area contributed by atoms with Crippen molar-refractivity contribution in [2.24, 2.45) is 5.92 Å². The molecule has 1 aliphatic rings. The number of carbonyl (C=O) groups is 2. The van der Waals surface area contributed by atoms with Gasteiger partial charge in [0.25, 0.3) is 5.91 Å². The summed E-state index contributed by atoms with van der Waals surface area (Å²) >= 11 is 0. The Bertz CT molecular complexity index is 795. The Morgan fingerprint density at radius 2 is 2.00 bits per heavy atom. The molecule has 0 aromatic carbocycles. The van der Waals surface area contributed by atoms with E-state index in [0.717, 1.165) is 12.8 Å². The molecular weight excluding hydrogens is 334 g/mol. The molecule has 7 nitrogen and oxygen atoms in total. The average Bonchev–Trinajstić information content (AvgIpc) is 2.72. The van der Waals surface area contributed by atoms with Crippen LogP contribution in [-0.2, 0) is 0 Å². The van der Waals surface area contributed by atoms with Crippen LogP contribution in [0.25, 0.3) is 0 Å². The number of hydrogen-bond acceptors (Lipinski definition) is 6. The Morgan fingerprint density at radius 1 is 1.15 bits per heavy atom. The lowest BCUT2D eigenvalue weighted by Crippen LogP contribution is -2.42. The number of Topliss-reactive ketones (excluding diaryl/α,β-unsaturated/α-hetero) is 1. The van der Waals surface area contributed by atoms with E-state index in [4.69, 9.17) is 9.47 Å². The van der Waals surface area contributed by atoms with Crippen molar-refractivity contribution < 1.29 is 19.1 Å². The summed E-state index contributed by atoms with van der Waals surface area (Å²) in [6, 6.07) is 8.53. The molecule has 3 heterocycles. The molecular formula is C19H21N3O4. The standard InChI is InChI=1S/C19H21N3O4/c1-25-16-9-8-14(18(21-16)26-2)19(24)22-11-5-6-13(12-22)17(23)15-7-3-4-10-20-15/h3-4,7-10,13H,5-6,11-12H2,1-2H3. The summed E-state index contributed by atoms with van der Waals surface area (Å²) in [6.07, 6.45) is 3.12. The van der Waals surface area contributed by atoms with E-state index in [1.54, 1.807) is 41.4 Å². The number of aromatic nitrogens is 2. The Labute approximate surface area is 152 Å². The SMILES string of the molecule is COc1ccc(C(=O)N2CCCC(C(=O)c3ccccn3)C2)c(OC)n1. The fourth-order valence-corrected chi connectivity index (χ4v) is 3.12. The monoisotopic (exact) mass is 355 g/mol. The topological polar surface area (TPSA) is 81.6 Å². The van der Waals surface area contributed by atoms with E-state index in [1.165, 1.54) is 14.2 Å². The highest BCUT2D eigenvalue weighted by atomic mass is 16.5. The highest BCUT2D eigenvalue weighted by Gasteiger charge is 2.31. The first-order valence-electron chi connectivity index (χ1n) is 8.47. The van der Waals surface area contributed by atoms with Gasteiger partial charge in [0.15, 0.2) is 5.78 Å². The quantitative estimate of drug-likeness (QED) is 0.765. The first-order chi connectivity index (χ1) is 12.6. The highest BCUT2D eigenvalue weighted by molar-refractivity contribution is 5.99. The number of carbonyl (C=O) groups excluding carboxylic acids is 2. The van der Waals surface area contributed by atoms with Crippen molar-refractivity contribution in [1.82, 2.24) is 14.9 Å². The molecule has 136 valence electrons. The van der Waals surface area contributed by atoms with Gasteiger partial charge in [0.1, 0.15) is 11.3 Å². The number of pyridine rings is 2. The molecule has 26 heavy (non-hydrogen) atoms. The molecule has 0 bridgehead atoms. The Morgan fingerprint density at radius 3 is 2.69 bits per heavy atom. The van der Waals surface area contributed by atoms with Crippen LogP contribution in [0.1, 0.15) is 33.7 Å². The van der Waals surface area contributed by atoms with Gasteiger partial charge >= 0.3 is 0 Å². The van der Waals surface area contributed by atoms with Gasteiger partial charge in [-0.1, -0.05) is 6.07 Å². The van der Waals surface area contributed by atoms with Crippen LogP contribution in [0.5, 0.6) is 11.8 Å². The molecule has 1 saturated heterocycles. The van der Waals surface area contributed by atoms with E-state index in [2.05, 4.69) is 9.97 Å². The van der Waals surface area contributed by atoms with Crippen molar-refractivity contribution in [1.29, 1.82) is 0 Å². The average molecular weight is 355 g/mol. The molecule has 1 fully saturated rings. The van der Waals surface area contributed by atoms with E-state index >= 15 is 0 Å². The molecule has 7 heteroatoms. The lowest BCUT2D eigenvalue weighted by molar-refractivity contribution is 0.0632. The minimum atomic E-state index is -0.250. The molecule has 1 unspecified atom stereocenters. The first-order valence-corrected chi connectivity index (χ1v) is 8.47. The summed E-state index contributed by atoms with van der Waals surface area (Å²) in [5.41, 5.74) is 0.801. The van der Waals surface area contributed by atoms with Crippen molar-refractivity contribution in [3.05, 3.63) is 47.8 Å². The second-order valence-electron chi connectivity index (χ2n) is 6.08. The molecule has 0 spiro atoms. The van der Waals surface area contributed by atoms with Crippen molar-refractivity contribution in [2.75, 3.05) is 27.3 Å². The van der Waals surface area contributed by atoms with Crippen LogP contribution in [0, 0.1) is 5.92 Å². The summed E-state index contributed by atoms with van der Waals surface area (Å²) in [6.45, 7) is 0.962. The lowest BCUT2D eigenvalue weighted by Gasteiger charge is -2.32. The number of likely N-dealkylation sites (tertiary alicyclic amines) is 1. The number of methoxy groups -OCH3 is 2. The maximum absolute atomic E-state index is 12.9. The Balaban J connectivity index is 1.77. The third-order valence-electron chi connectivity index (χ3n) is 4.46. The maximum atomic E-state index is 12.9. The van der Waals surface area contributed by atoms with Crippen molar-refractivity contribution >= 4 is 11.7 Å². The van der Waals surface area contributed by atoms with Crippen LogP contribution in [0.2, 0.25) is 0 Å². The van der Waals surface area contributed by atoms with E-state index in [1.807, 2.05) is 0 Å². The zero-order valence-electron chi connectivity index (χ0n) is 14.8. The van der Waals surface area contributed by atoms with Crippen molar-refractivity contribution in [2.45, 2.75) is 12.8 Å². The van der Waals surface area contributed by atoms with Gasteiger partial charge in [-0.05, 0) is 31.0 Å². The molecule has 1 amide bonds. The van der Waals surface area contributed by atoms with Gasteiger partial charge in [-0.2, -0.15) is 4.98 Å². The number of hydrogen-bond donors (Lipinski definition) is 0. The van der Waals surface area contributed by atoms with Crippen LogP contribution in [0.3, 0.4) is 0 Å². The zero-order chi connectivity index (χ0) is 18.5. The third kappa shape index (κ3) is 3.66. The van der Waals surface area contributed by atoms with Gasteiger partial charge in [-0.25, -0.2) is 0 Å². The summed E-state index contributed by atoms with van der Waals surface area (Å²) < 4.78 is 10.3. The van der Waals surface area contributed by atoms with Crippen LogP contribution < -0.4 is 9.47 Å². The second kappa shape index (κ2) is 7.95. The lowest BCUT2D eigenvalue weighted by atomic mass is 9.91. The van der Waals surface area contributed by atoms with Gasteiger partial charge in [0, 0.05) is 31.3 Å². The van der Waals surface area contributed by atoms with Crippen LogP contribution in [0.4, 0.5) is 0 Å². The smallest absolute Gasteiger partial charge is 0.259 e. The molecule has 0 radical (unpaired) electrons. The van der Waals surface area contributed by atoms with Gasteiger partial charge in [0.2, 0.25) is 11.8 Å². The third-order valence-corrected chi connectivity index (χ3v) is 4.46. The minimum Gasteiger partial charge on any atom is -0.481 e. The molecule has 1 aliphatic heterocycles. The largest absolute Gasteiger partial charge is 0.481 e. The number of ketones is 1. The fraction of sp³-hybridized carbons (Fsp3) is 0.368. The van der Waals surface area contributed by atoms with Gasteiger partial charge in [-0.15, -0.1) is 0 Å². The van der Waals surface area contributed by atoms with E-state index in [9.17, 15) is 9.59 Å². The molecule has 2 aromatic rings. The Hall–Kier alpha value is -2.96. The normalized spacial score (nSPS) is 16.8. The van der Waals surface area contributed by atoms with Crippen LogP contribution in [-0.4, -0.2) is 53.9 Å². The minimum absolute atomic E-state index is 0.0251. The number of piperidine rings is 1. The highest BCUT2D eigenvalue weighted by Crippen LogP contribution is 2.25. The molecule has 3 rings (SSSR count). The number of amides is 1. The summed E-state index contributed by atoms with van der Waals surface area (Å²) in [7, 11) is 2.96. The molecule has 0 aliphatic carbocycles. The first kappa shape index (κ1) is 17.8. The molecule has 0 saturated carbocycles. The van der Waals surface area contributed by atoms with Crippen LogP contribution in [0.15, 0.2) is 36.5 Å². The van der Waals surface area contributed by atoms with Gasteiger partial charge < -0.3 is 14.4 Å². The summed E-state index contributed by atoms with van der Waals surface area (Å²) in [4.78, 5) is 35.6. The predicted molar refractivity (Wildman–Crippen MR) is 94.5 cm³/mol. The van der Waals surface area contributed by atoms with Gasteiger partial charge in [0.05, 0.1) is 14.2 Å². The molecule has 2 aromatic heterocycles. The van der Waals surface area contributed by atoms with E-state index < -0.39 is 0 Å². The molecule has 1 atom stereocenters. The maximum Gasteiger partial charge on any atom is 0.259 e. The fourth-order valence-electron chi connectivity index (χ4n) is 3.12. The van der Waals surface area contributed by atoms with Crippen molar-refractivity contribution in [3.8, 4) is 11.8 Å². The zero-order valence-corrected chi connectivity index (χ0v) is 14.8. The molecule has 0 N–H and O–H groups in total. The van der Waals surface area contributed by atoms with Crippen LogP contribution >= 0.6 is 0 Å². The van der Waals surface area contributed by atoms with Crippen molar-refractivity contribution in [3.63, 3.8) is 0 Å². The number of nitrogens with zero attached hydrogens (tertiary/aromatic N) is 3.